The van der Waals surface area contributed by atoms with E-state index in [0.717, 1.165) is 11.3 Å². The Kier molecular flexibility index (Phi) is 2.99. The van der Waals surface area contributed by atoms with Crippen molar-refractivity contribution in [3.63, 3.8) is 0 Å². The van der Waals surface area contributed by atoms with Crippen molar-refractivity contribution in [3.8, 4) is 0 Å². The standard InChI is InChI=1S/C15H28N2/c1-3-6-15(7-8-15)12-17-10-9-16-14(2,11-17)13-4-5-13/h13,16H,3-12H2,1-2H3. The summed E-state index contributed by atoms with van der Waals surface area (Å²) in [4.78, 5) is 2.76. The number of hydrogen-bond acceptors (Lipinski definition) is 2. The molecular formula is C15H28N2. The minimum Gasteiger partial charge on any atom is -0.309 e. The summed E-state index contributed by atoms with van der Waals surface area (Å²) in [7, 11) is 0. The molecule has 1 aliphatic heterocycles. The van der Waals surface area contributed by atoms with Gasteiger partial charge in [-0.2, -0.15) is 0 Å². The van der Waals surface area contributed by atoms with Gasteiger partial charge >= 0.3 is 0 Å². The molecule has 1 unspecified atom stereocenters. The Hall–Kier alpha value is -0.0800. The van der Waals surface area contributed by atoms with Gasteiger partial charge in [-0.15, -0.1) is 0 Å². The molecule has 3 aliphatic rings. The molecular weight excluding hydrogens is 208 g/mol. The second-order valence-electron chi connectivity index (χ2n) is 7.08. The zero-order valence-corrected chi connectivity index (χ0v) is 11.6. The van der Waals surface area contributed by atoms with Crippen LogP contribution in [0.1, 0.15) is 52.4 Å². The van der Waals surface area contributed by atoms with Crippen LogP contribution in [0.2, 0.25) is 0 Å². The zero-order valence-electron chi connectivity index (χ0n) is 11.6. The Labute approximate surface area is 106 Å². The molecule has 0 radical (unpaired) electrons. The average Bonchev–Trinajstić information content (AvgIpc) is 3.11. The lowest BCUT2D eigenvalue weighted by atomic mass is 9.91. The molecule has 2 heteroatoms. The fourth-order valence-electron chi connectivity index (χ4n) is 3.90. The van der Waals surface area contributed by atoms with Crippen molar-refractivity contribution in [3.05, 3.63) is 0 Å². The van der Waals surface area contributed by atoms with Crippen molar-refractivity contribution < 1.29 is 0 Å². The zero-order chi connectivity index (χ0) is 11.9. The van der Waals surface area contributed by atoms with Crippen molar-refractivity contribution >= 4 is 0 Å². The first-order valence-electron chi connectivity index (χ1n) is 7.63. The van der Waals surface area contributed by atoms with Crippen LogP contribution in [-0.2, 0) is 0 Å². The van der Waals surface area contributed by atoms with E-state index in [1.54, 1.807) is 0 Å². The van der Waals surface area contributed by atoms with Crippen LogP contribution in [0.25, 0.3) is 0 Å². The monoisotopic (exact) mass is 236 g/mol. The van der Waals surface area contributed by atoms with Gasteiger partial charge in [-0.25, -0.2) is 0 Å². The van der Waals surface area contributed by atoms with E-state index in [1.165, 1.54) is 64.7 Å². The molecule has 1 N–H and O–H groups in total. The topological polar surface area (TPSA) is 15.3 Å². The summed E-state index contributed by atoms with van der Waals surface area (Å²) in [6.45, 7) is 9.94. The SMILES string of the molecule is CCCC1(CN2CCNC(C)(C3CC3)C2)CC1. The predicted molar refractivity (Wildman–Crippen MR) is 72.1 cm³/mol. The summed E-state index contributed by atoms with van der Waals surface area (Å²) in [5.74, 6) is 0.964. The summed E-state index contributed by atoms with van der Waals surface area (Å²) in [6.07, 6.45) is 8.72. The van der Waals surface area contributed by atoms with E-state index in [4.69, 9.17) is 0 Å². The van der Waals surface area contributed by atoms with Crippen LogP contribution in [0, 0.1) is 11.3 Å². The van der Waals surface area contributed by atoms with Crippen molar-refractivity contribution in [1.82, 2.24) is 10.2 Å². The van der Waals surface area contributed by atoms with Crippen molar-refractivity contribution in [1.29, 1.82) is 0 Å². The summed E-state index contributed by atoms with van der Waals surface area (Å²) < 4.78 is 0. The summed E-state index contributed by atoms with van der Waals surface area (Å²) in [5, 5.41) is 3.78. The maximum absolute atomic E-state index is 3.78. The Bertz CT molecular complexity index is 281. The molecule has 1 saturated heterocycles. The van der Waals surface area contributed by atoms with Gasteiger partial charge in [0.1, 0.15) is 0 Å². The van der Waals surface area contributed by atoms with Gasteiger partial charge in [-0.1, -0.05) is 13.3 Å². The van der Waals surface area contributed by atoms with Crippen LogP contribution >= 0.6 is 0 Å². The van der Waals surface area contributed by atoms with Gasteiger partial charge in [0.25, 0.3) is 0 Å². The molecule has 2 nitrogen and oxygen atoms in total. The third-order valence-electron chi connectivity index (χ3n) is 5.28. The summed E-state index contributed by atoms with van der Waals surface area (Å²) in [5.41, 5.74) is 1.16. The van der Waals surface area contributed by atoms with Crippen molar-refractivity contribution in [2.75, 3.05) is 26.2 Å². The third-order valence-corrected chi connectivity index (χ3v) is 5.28. The lowest BCUT2D eigenvalue weighted by Crippen LogP contribution is -2.60. The van der Waals surface area contributed by atoms with E-state index < -0.39 is 0 Å². The first-order chi connectivity index (χ1) is 8.16. The highest BCUT2D eigenvalue weighted by atomic mass is 15.2. The molecule has 0 spiro atoms. The fraction of sp³-hybridized carbons (Fsp3) is 1.00. The second kappa shape index (κ2) is 4.24. The molecule has 2 saturated carbocycles. The van der Waals surface area contributed by atoms with E-state index in [0.29, 0.717) is 5.54 Å². The molecule has 0 bridgehead atoms. The fourth-order valence-corrected chi connectivity index (χ4v) is 3.90. The summed E-state index contributed by atoms with van der Waals surface area (Å²) in [6, 6.07) is 0. The average molecular weight is 236 g/mol. The minimum atomic E-state index is 0.431. The van der Waals surface area contributed by atoms with Gasteiger partial charge in [-0.05, 0) is 50.4 Å². The number of piperazine rings is 1. The Morgan fingerprint density at radius 1 is 1.29 bits per heavy atom. The largest absolute Gasteiger partial charge is 0.309 e. The van der Waals surface area contributed by atoms with Crippen molar-refractivity contribution in [2.24, 2.45) is 11.3 Å². The maximum Gasteiger partial charge on any atom is 0.0309 e. The van der Waals surface area contributed by atoms with Gasteiger partial charge in [0, 0.05) is 31.7 Å². The number of hydrogen-bond donors (Lipinski definition) is 1. The van der Waals surface area contributed by atoms with E-state index >= 15 is 0 Å². The number of rotatable bonds is 5. The molecule has 0 aromatic heterocycles. The van der Waals surface area contributed by atoms with Crippen LogP contribution in [0.4, 0.5) is 0 Å². The van der Waals surface area contributed by atoms with Crippen LogP contribution in [0.15, 0.2) is 0 Å². The normalized spacial score (nSPS) is 37.1. The minimum absolute atomic E-state index is 0.431. The predicted octanol–water partition coefficient (Wildman–Crippen LogP) is 2.64. The molecule has 98 valence electrons. The highest BCUT2D eigenvalue weighted by molar-refractivity contribution is 5.04. The number of nitrogens with one attached hydrogen (secondary N) is 1. The highest BCUT2D eigenvalue weighted by Gasteiger charge is 2.47. The lowest BCUT2D eigenvalue weighted by Gasteiger charge is -2.43. The van der Waals surface area contributed by atoms with Crippen LogP contribution < -0.4 is 5.32 Å². The van der Waals surface area contributed by atoms with Crippen LogP contribution in [0.3, 0.4) is 0 Å². The smallest absolute Gasteiger partial charge is 0.0309 e. The van der Waals surface area contributed by atoms with Gasteiger partial charge in [0.2, 0.25) is 0 Å². The Morgan fingerprint density at radius 2 is 2.06 bits per heavy atom. The Balaban J connectivity index is 1.57. The van der Waals surface area contributed by atoms with E-state index in [9.17, 15) is 0 Å². The molecule has 1 heterocycles. The molecule has 0 aromatic carbocycles. The van der Waals surface area contributed by atoms with Gasteiger partial charge < -0.3 is 5.32 Å². The second-order valence-corrected chi connectivity index (χ2v) is 7.08. The van der Waals surface area contributed by atoms with E-state index in [2.05, 4.69) is 24.1 Å². The third kappa shape index (κ3) is 2.53. The molecule has 17 heavy (non-hydrogen) atoms. The summed E-state index contributed by atoms with van der Waals surface area (Å²) >= 11 is 0. The van der Waals surface area contributed by atoms with E-state index in [1.807, 2.05) is 0 Å². The quantitative estimate of drug-likeness (QED) is 0.789. The molecule has 2 aliphatic carbocycles. The van der Waals surface area contributed by atoms with Gasteiger partial charge in [0.15, 0.2) is 0 Å². The Morgan fingerprint density at radius 3 is 2.65 bits per heavy atom. The molecule has 0 amide bonds. The lowest BCUT2D eigenvalue weighted by molar-refractivity contribution is 0.104. The number of nitrogens with zero attached hydrogens (tertiary/aromatic N) is 1. The first-order valence-corrected chi connectivity index (χ1v) is 7.63. The van der Waals surface area contributed by atoms with Crippen molar-refractivity contribution in [2.45, 2.75) is 57.9 Å². The molecule has 1 atom stereocenters. The maximum atomic E-state index is 3.78. The van der Waals surface area contributed by atoms with Crippen LogP contribution in [-0.4, -0.2) is 36.6 Å². The molecule has 3 fully saturated rings. The molecule has 3 rings (SSSR count). The van der Waals surface area contributed by atoms with Gasteiger partial charge in [-0.3, -0.25) is 4.90 Å². The van der Waals surface area contributed by atoms with Gasteiger partial charge in [0.05, 0.1) is 0 Å². The first kappa shape index (κ1) is 12.0. The van der Waals surface area contributed by atoms with E-state index in [-0.39, 0.29) is 0 Å². The highest BCUT2D eigenvalue weighted by Crippen LogP contribution is 2.50. The molecule has 0 aromatic rings. The van der Waals surface area contributed by atoms with Crippen LogP contribution in [0.5, 0.6) is 0 Å².